The molecule has 6 fully saturated rings. The zero-order valence-electron chi connectivity index (χ0n) is 41.4. The van der Waals surface area contributed by atoms with Gasteiger partial charge in [-0.15, -0.1) is 0 Å². The third kappa shape index (κ3) is 26.4. The summed E-state index contributed by atoms with van der Waals surface area (Å²) in [7, 11) is -6.69. The molecule has 0 spiro atoms. The average molecular weight is 1080 g/mol. The van der Waals surface area contributed by atoms with E-state index >= 15 is 0 Å². The van der Waals surface area contributed by atoms with Crippen LogP contribution in [0.25, 0.3) is 0 Å². The fourth-order valence-electron chi connectivity index (χ4n) is 6.78. The summed E-state index contributed by atoms with van der Waals surface area (Å²) in [5.41, 5.74) is 0. The summed E-state index contributed by atoms with van der Waals surface area (Å²) >= 11 is 0. The van der Waals surface area contributed by atoms with Crippen molar-refractivity contribution in [1.82, 2.24) is 0 Å². The zero-order valence-corrected chi connectivity index (χ0v) is 44.4. The first-order chi connectivity index (χ1) is 33.7. The maximum Gasteiger partial charge on any atom is 0.508 e. The zero-order chi connectivity index (χ0) is 51.7. The molecular weight excluding hydrogens is 1010 g/mol. The van der Waals surface area contributed by atoms with E-state index in [-0.39, 0.29) is 109 Å². The second-order valence-corrected chi connectivity index (χ2v) is 29.4. The fourth-order valence-corrected chi connectivity index (χ4v) is 19.7. The van der Waals surface area contributed by atoms with E-state index in [1.54, 1.807) is 0 Å². The summed E-state index contributed by atoms with van der Waals surface area (Å²) in [5.74, 6) is 0. The maximum absolute atomic E-state index is 10.9. The van der Waals surface area contributed by atoms with Crippen LogP contribution in [0.5, 0.6) is 0 Å². The fraction of sp³-hybridized carbons (Fsp3) is 0.854. The lowest BCUT2D eigenvalue weighted by Gasteiger charge is -2.38. The summed E-state index contributed by atoms with van der Waals surface area (Å²) in [6.45, 7) is 20.2. The van der Waals surface area contributed by atoms with Gasteiger partial charge in [-0.05, 0) is 65.1 Å². The highest BCUT2D eigenvalue weighted by molar-refractivity contribution is 6.86. The van der Waals surface area contributed by atoms with Gasteiger partial charge in [0.1, 0.15) is 39.6 Å². The minimum absolute atomic E-state index is 0.169. The smallest absolute Gasteiger partial charge is 0.436 e. The number of cyclic esters (lactones) is 12. The monoisotopic (exact) mass is 1080 g/mol. The molecule has 7 unspecified atom stereocenters. The molecule has 6 heterocycles. The van der Waals surface area contributed by atoms with E-state index in [4.69, 9.17) is 79.0 Å². The van der Waals surface area contributed by atoms with E-state index in [0.717, 1.165) is 18.9 Å². The lowest BCUT2D eigenvalue weighted by atomic mass is 10.4. The van der Waals surface area contributed by atoms with Crippen molar-refractivity contribution in [2.45, 2.75) is 108 Å². The molecule has 30 heteroatoms. The van der Waals surface area contributed by atoms with E-state index < -0.39 is 62.4 Å². The molecule has 0 radical (unpaired) electrons. The Morgan fingerprint density at radius 3 is 1.13 bits per heavy atom. The van der Waals surface area contributed by atoms with E-state index in [0.29, 0.717) is 52.9 Å². The standard InChI is InChI=1S/C20H40O11Si3.C11H16O8.C10H14O8/c1-32(2,12-8-10-24-14-18-16-26-20(22)29-18)30-34(5,6)31-33(3,4)27-11-7-9-23-13-17-15-25-19(21)28-17;1-7(15-4-9-6-17-11(13)19-9)2-14-3-8-5-16-10(12)18-8;11-9-15-5-7(17-9)3-13-1-2-14-4-8-6-16-10(12)18-8/h17-18H,7-16H2,1-6H3;7-9H,2-6H2,1H3;7-8H,1-6H2. The largest absolute Gasteiger partial charge is 0.508 e. The SMILES string of the molecule is CC(COCC1COC(=O)O1)OCC1COC(=O)O1.C[Si](C)(CCCOCC1COC(=O)O1)O[Si](C)(C)O[Si](C)(C)OCCCOCC1COC(=O)O1.O=C1OCC(COCCOCC2COC(=O)O2)O1. The highest BCUT2D eigenvalue weighted by atomic mass is 28.5. The molecule has 408 valence electrons. The Hall–Kier alpha value is -4.09. The highest BCUT2D eigenvalue weighted by Gasteiger charge is 2.41. The molecule has 6 saturated heterocycles. The van der Waals surface area contributed by atoms with Crippen LogP contribution in [0.2, 0.25) is 45.3 Å². The van der Waals surface area contributed by atoms with Crippen LogP contribution in [-0.2, 0) is 97.9 Å². The Bertz CT molecular complexity index is 1630. The molecule has 0 saturated carbocycles. The maximum atomic E-state index is 10.9. The van der Waals surface area contributed by atoms with Crippen LogP contribution in [0.3, 0.4) is 0 Å². The molecule has 0 aromatic heterocycles. The molecule has 6 rings (SSSR count). The molecule has 0 N–H and O–H groups in total. The molecule has 0 amide bonds. The first-order valence-electron chi connectivity index (χ1n) is 23.3. The van der Waals surface area contributed by atoms with Gasteiger partial charge >= 0.3 is 54.1 Å². The molecule has 0 aromatic carbocycles. The topological polar surface area (TPSA) is 296 Å². The van der Waals surface area contributed by atoms with Gasteiger partial charge in [-0.1, -0.05) is 0 Å². The molecule has 6 aliphatic heterocycles. The highest BCUT2D eigenvalue weighted by Crippen LogP contribution is 2.25. The van der Waals surface area contributed by atoms with Crippen molar-refractivity contribution in [2.24, 2.45) is 0 Å². The Balaban J connectivity index is 0.000000250. The first kappa shape index (κ1) is 59.5. The number of carbonyl (C=O) groups excluding carboxylic acids is 6. The van der Waals surface area contributed by atoms with E-state index in [1.807, 2.05) is 20.0 Å². The van der Waals surface area contributed by atoms with Crippen LogP contribution in [0.4, 0.5) is 28.8 Å². The second-order valence-electron chi connectivity index (χ2n) is 17.9. The van der Waals surface area contributed by atoms with Gasteiger partial charge < -0.3 is 97.9 Å². The van der Waals surface area contributed by atoms with E-state index in [1.165, 1.54) is 0 Å². The van der Waals surface area contributed by atoms with Gasteiger partial charge in [0.15, 0.2) is 44.9 Å². The Kier molecular flexibility index (Phi) is 25.8. The summed E-state index contributed by atoms with van der Waals surface area (Å²) in [6, 6.07) is 0.940. The van der Waals surface area contributed by atoms with Crippen molar-refractivity contribution in [3.8, 4) is 0 Å². The summed E-state index contributed by atoms with van der Waals surface area (Å²) in [6.07, 6.45) is -4.56. The Morgan fingerprint density at radius 1 is 0.423 bits per heavy atom. The van der Waals surface area contributed by atoms with Gasteiger partial charge in [-0.3, -0.25) is 0 Å². The molecule has 0 aliphatic carbocycles. The molecular formula is C41H70O27Si3. The van der Waals surface area contributed by atoms with Crippen molar-refractivity contribution in [2.75, 3.05) is 119 Å². The van der Waals surface area contributed by atoms with Crippen LogP contribution in [0, 0.1) is 0 Å². The predicted molar refractivity (Wildman–Crippen MR) is 241 cm³/mol. The van der Waals surface area contributed by atoms with Crippen molar-refractivity contribution < 1.29 is 127 Å². The number of hydrogen-bond donors (Lipinski definition) is 0. The van der Waals surface area contributed by atoms with Crippen molar-refractivity contribution >= 4 is 62.4 Å². The second kappa shape index (κ2) is 30.8. The van der Waals surface area contributed by atoms with Gasteiger partial charge in [-0.2, -0.15) is 0 Å². The minimum Gasteiger partial charge on any atom is -0.436 e. The molecule has 27 nitrogen and oxygen atoms in total. The first-order valence-corrected chi connectivity index (χ1v) is 32.0. The van der Waals surface area contributed by atoms with E-state index in [2.05, 4.69) is 45.1 Å². The van der Waals surface area contributed by atoms with Crippen LogP contribution < -0.4 is 0 Å². The van der Waals surface area contributed by atoms with Gasteiger partial charge in [0.05, 0.1) is 65.6 Å². The summed E-state index contributed by atoms with van der Waals surface area (Å²) < 4.78 is 108. The quantitative estimate of drug-likeness (QED) is 0.0408. The van der Waals surface area contributed by atoms with Gasteiger partial charge in [0.2, 0.25) is 0 Å². The van der Waals surface area contributed by atoms with Crippen LogP contribution in [-0.4, -0.2) is 224 Å². The third-order valence-corrected chi connectivity index (χ3v) is 20.2. The minimum atomic E-state index is -2.38. The lowest BCUT2D eigenvalue weighted by molar-refractivity contribution is -0.0467. The van der Waals surface area contributed by atoms with Gasteiger partial charge in [-0.25, -0.2) is 28.8 Å². The average Bonchev–Trinajstić information content (AvgIpc) is 4.18. The number of rotatable bonds is 31. The number of carbonyl (C=O) groups is 6. The van der Waals surface area contributed by atoms with Gasteiger partial charge in [0.25, 0.3) is 0 Å². The van der Waals surface area contributed by atoms with Crippen molar-refractivity contribution in [3.63, 3.8) is 0 Å². The molecule has 6 aliphatic rings. The summed E-state index contributed by atoms with van der Waals surface area (Å²) in [5, 5.41) is 0. The Morgan fingerprint density at radius 2 is 0.761 bits per heavy atom. The molecule has 0 bridgehead atoms. The van der Waals surface area contributed by atoms with Crippen molar-refractivity contribution in [3.05, 3.63) is 0 Å². The molecule has 71 heavy (non-hydrogen) atoms. The van der Waals surface area contributed by atoms with Gasteiger partial charge in [0, 0.05) is 19.8 Å². The predicted octanol–water partition coefficient (Wildman–Crippen LogP) is 4.10. The van der Waals surface area contributed by atoms with Crippen LogP contribution in [0.15, 0.2) is 0 Å². The lowest BCUT2D eigenvalue weighted by Crippen LogP contribution is -2.53. The van der Waals surface area contributed by atoms with Crippen LogP contribution in [0.1, 0.15) is 19.8 Å². The normalized spacial score (nSPS) is 24.2. The van der Waals surface area contributed by atoms with E-state index in [9.17, 15) is 28.8 Å². The number of ether oxygens (including phenoxy) is 18. The molecule has 0 aromatic rings. The summed E-state index contributed by atoms with van der Waals surface area (Å²) in [4.78, 5) is 64.3. The third-order valence-electron chi connectivity index (χ3n) is 9.67. The molecule has 7 atom stereocenters. The Labute approximate surface area is 414 Å². The van der Waals surface area contributed by atoms with Crippen LogP contribution >= 0.6 is 0 Å². The number of hydrogen-bond acceptors (Lipinski definition) is 27. The van der Waals surface area contributed by atoms with Crippen molar-refractivity contribution in [1.29, 1.82) is 0 Å².